The number of aromatic nitrogens is 3. The van der Waals surface area contributed by atoms with Crippen LogP contribution >= 0.6 is 11.3 Å². The smallest absolute Gasteiger partial charge is 0.255 e. The lowest BCUT2D eigenvalue weighted by Crippen LogP contribution is -2.52. The van der Waals surface area contributed by atoms with Crippen LogP contribution in [0.5, 0.6) is 0 Å². The van der Waals surface area contributed by atoms with Gasteiger partial charge in [0.05, 0.1) is 23.8 Å². The predicted octanol–water partition coefficient (Wildman–Crippen LogP) is 0.715. The molecule has 5 atom stereocenters. The number of nitrogens with zero attached hydrogens (tertiary/aromatic N) is 4. The van der Waals surface area contributed by atoms with Crippen LogP contribution in [0.25, 0.3) is 0 Å². The summed E-state index contributed by atoms with van der Waals surface area (Å²) in [6, 6.07) is 1.04. The van der Waals surface area contributed by atoms with Crippen molar-refractivity contribution in [3.63, 3.8) is 0 Å². The lowest BCUT2D eigenvalue weighted by atomic mass is 9.98. The number of nitrogen functional groups attached to an aromatic ring is 1. The molecule has 1 aliphatic carbocycles. The number of aliphatic hydroxyl groups excluding tert-OH is 2. The fraction of sp³-hybridized carbons (Fsp3) is 0.364. The van der Waals surface area contributed by atoms with E-state index >= 15 is 0 Å². The molecule has 1 aliphatic heterocycles. The normalized spacial score (nSPS) is 22.6. The maximum absolute atomic E-state index is 12.8. The van der Waals surface area contributed by atoms with E-state index in [0.717, 1.165) is 5.57 Å². The molecule has 0 saturated carbocycles. The third-order valence-corrected chi connectivity index (χ3v) is 6.42. The standard InChI is InChI=1S/C22H26N6O4S/c1-13(14-5-7-15(8-6-14)28-11-3-9-24-28)25-20(31)18(29)19(30)21(32)27-10-2-4-17(27)16-12-33-22(23)26-16/h2-7,9,11-13,15,17-19,29-30H,8,10H2,1H3,(H2,23,26)(H,25,31)/t13-,15?,17-,18-,19-/m1/s1. The first-order chi connectivity index (χ1) is 15.8. The minimum absolute atomic E-state index is 0.103. The molecule has 0 saturated heterocycles. The van der Waals surface area contributed by atoms with Crippen molar-refractivity contribution in [3.8, 4) is 0 Å². The molecule has 0 bridgehead atoms. The Hall–Kier alpha value is -3.28. The molecule has 0 fully saturated rings. The summed E-state index contributed by atoms with van der Waals surface area (Å²) in [6.45, 7) is 2.01. The highest BCUT2D eigenvalue weighted by Crippen LogP contribution is 2.29. The number of hydrogen-bond acceptors (Lipinski definition) is 8. The Kier molecular flexibility index (Phi) is 6.72. The topological polar surface area (TPSA) is 147 Å². The number of hydrogen-bond donors (Lipinski definition) is 4. The third-order valence-electron chi connectivity index (χ3n) is 5.73. The van der Waals surface area contributed by atoms with Crippen molar-refractivity contribution in [3.05, 3.63) is 65.5 Å². The summed E-state index contributed by atoms with van der Waals surface area (Å²) in [5.41, 5.74) is 7.12. The molecule has 2 amide bonds. The molecule has 2 aliphatic rings. The average molecular weight is 471 g/mol. The summed E-state index contributed by atoms with van der Waals surface area (Å²) >= 11 is 1.25. The summed E-state index contributed by atoms with van der Waals surface area (Å²) in [5, 5.41) is 29.8. The Morgan fingerprint density at radius 2 is 2.12 bits per heavy atom. The number of anilines is 1. The minimum Gasteiger partial charge on any atom is -0.380 e. The largest absolute Gasteiger partial charge is 0.380 e. The van der Waals surface area contributed by atoms with Gasteiger partial charge in [0.1, 0.15) is 0 Å². The van der Waals surface area contributed by atoms with Crippen molar-refractivity contribution >= 4 is 28.3 Å². The van der Waals surface area contributed by atoms with Gasteiger partial charge in [0.2, 0.25) is 0 Å². The molecule has 2 aromatic rings. The van der Waals surface area contributed by atoms with Crippen LogP contribution < -0.4 is 11.1 Å². The highest BCUT2D eigenvalue weighted by Gasteiger charge is 2.38. The molecule has 174 valence electrons. The van der Waals surface area contributed by atoms with E-state index in [2.05, 4.69) is 15.4 Å². The molecule has 5 N–H and O–H groups in total. The molecule has 1 unspecified atom stereocenters. The highest BCUT2D eigenvalue weighted by molar-refractivity contribution is 7.13. The zero-order chi connectivity index (χ0) is 23.5. The Morgan fingerprint density at radius 1 is 1.30 bits per heavy atom. The van der Waals surface area contributed by atoms with Crippen molar-refractivity contribution in [2.24, 2.45) is 0 Å². The van der Waals surface area contributed by atoms with Crippen molar-refractivity contribution in [2.75, 3.05) is 12.3 Å². The molecule has 0 aromatic carbocycles. The number of nitrogens with two attached hydrogens (primary N) is 1. The van der Waals surface area contributed by atoms with Crippen LogP contribution in [0.1, 0.15) is 31.1 Å². The molecule has 3 heterocycles. The summed E-state index contributed by atoms with van der Waals surface area (Å²) in [7, 11) is 0. The molecule has 4 rings (SSSR count). The van der Waals surface area contributed by atoms with E-state index in [0.29, 0.717) is 17.2 Å². The van der Waals surface area contributed by atoms with Gasteiger partial charge in [-0.3, -0.25) is 14.3 Å². The van der Waals surface area contributed by atoms with Crippen LogP contribution in [0.3, 0.4) is 0 Å². The SMILES string of the molecule is C[C@@H](NC(=O)[C@H](O)[C@@H](O)C(=O)N1CC=C[C@@H]1c1csc(N)n1)C1=CCC(n2cccn2)C=C1. The summed E-state index contributed by atoms with van der Waals surface area (Å²) in [4.78, 5) is 30.9. The zero-order valence-electron chi connectivity index (χ0n) is 18.0. The number of amides is 2. The Morgan fingerprint density at radius 3 is 2.76 bits per heavy atom. The molecule has 0 radical (unpaired) electrons. The number of allylic oxidation sites excluding steroid dienone is 2. The van der Waals surface area contributed by atoms with Crippen molar-refractivity contribution < 1.29 is 19.8 Å². The zero-order valence-corrected chi connectivity index (χ0v) is 18.8. The fourth-order valence-electron chi connectivity index (χ4n) is 3.89. The quantitative estimate of drug-likeness (QED) is 0.436. The van der Waals surface area contributed by atoms with Crippen molar-refractivity contribution in [1.82, 2.24) is 25.0 Å². The number of thiazole rings is 1. The number of carbonyl (C=O) groups excluding carboxylic acids is 2. The Balaban J connectivity index is 1.33. The summed E-state index contributed by atoms with van der Waals surface area (Å²) in [5.74, 6) is -1.58. The molecule has 11 heteroatoms. The number of aliphatic hydroxyl groups is 2. The number of rotatable bonds is 7. The van der Waals surface area contributed by atoms with E-state index < -0.39 is 36.1 Å². The number of nitrogens with one attached hydrogen (secondary N) is 1. The fourth-order valence-corrected chi connectivity index (χ4v) is 4.48. The van der Waals surface area contributed by atoms with Crippen molar-refractivity contribution in [2.45, 2.75) is 43.7 Å². The predicted molar refractivity (Wildman–Crippen MR) is 123 cm³/mol. The highest BCUT2D eigenvalue weighted by atomic mass is 32.1. The number of carbonyl (C=O) groups is 2. The van der Waals surface area contributed by atoms with Gasteiger partial charge in [0.25, 0.3) is 11.8 Å². The van der Waals surface area contributed by atoms with Crippen LogP contribution in [-0.4, -0.2) is 66.5 Å². The van der Waals surface area contributed by atoms with Crippen LogP contribution in [-0.2, 0) is 9.59 Å². The van der Waals surface area contributed by atoms with Gasteiger partial charge >= 0.3 is 0 Å². The molecule has 10 nitrogen and oxygen atoms in total. The Bertz CT molecular complexity index is 1090. The molecular weight excluding hydrogens is 444 g/mol. The molecule has 33 heavy (non-hydrogen) atoms. The first-order valence-electron chi connectivity index (χ1n) is 10.6. The van der Waals surface area contributed by atoms with Crippen LogP contribution in [0, 0.1) is 0 Å². The second-order valence-electron chi connectivity index (χ2n) is 7.95. The van der Waals surface area contributed by atoms with Gasteiger partial charge in [-0.15, -0.1) is 11.3 Å². The molecule has 0 spiro atoms. The average Bonchev–Trinajstić information content (AvgIpc) is 3.59. The van der Waals surface area contributed by atoms with Gasteiger partial charge in [0, 0.05) is 24.3 Å². The second-order valence-corrected chi connectivity index (χ2v) is 8.84. The third kappa shape index (κ3) is 4.90. The molecule has 2 aromatic heterocycles. The van der Waals surface area contributed by atoms with E-state index in [1.54, 1.807) is 30.7 Å². The van der Waals surface area contributed by atoms with Crippen LogP contribution in [0.4, 0.5) is 5.13 Å². The van der Waals surface area contributed by atoms with Crippen LogP contribution in [0.15, 0.2) is 59.8 Å². The van der Waals surface area contributed by atoms with Gasteiger partial charge < -0.3 is 26.2 Å². The van der Waals surface area contributed by atoms with Gasteiger partial charge in [0.15, 0.2) is 17.3 Å². The first kappa shape index (κ1) is 22.9. The van der Waals surface area contributed by atoms with E-state index in [-0.39, 0.29) is 12.6 Å². The van der Waals surface area contributed by atoms with E-state index in [1.807, 2.05) is 35.2 Å². The lowest BCUT2D eigenvalue weighted by Gasteiger charge is -2.28. The van der Waals surface area contributed by atoms with Gasteiger partial charge in [-0.25, -0.2) is 4.98 Å². The first-order valence-corrected chi connectivity index (χ1v) is 11.4. The monoisotopic (exact) mass is 470 g/mol. The summed E-state index contributed by atoms with van der Waals surface area (Å²) in [6.07, 6.45) is 9.91. The maximum Gasteiger partial charge on any atom is 0.255 e. The van der Waals surface area contributed by atoms with Crippen molar-refractivity contribution in [1.29, 1.82) is 0 Å². The second kappa shape index (κ2) is 9.69. The van der Waals surface area contributed by atoms with Gasteiger partial charge in [-0.1, -0.05) is 30.4 Å². The maximum atomic E-state index is 12.8. The minimum atomic E-state index is -1.91. The molecular formula is C22H26N6O4S. The van der Waals surface area contributed by atoms with Crippen LogP contribution in [0.2, 0.25) is 0 Å². The lowest BCUT2D eigenvalue weighted by molar-refractivity contribution is -0.153. The van der Waals surface area contributed by atoms with E-state index in [9.17, 15) is 19.8 Å². The van der Waals surface area contributed by atoms with Gasteiger partial charge in [-0.2, -0.15) is 5.10 Å². The van der Waals surface area contributed by atoms with E-state index in [4.69, 9.17) is 5.73 Å². The van der Waals surface area contributed by atoms with Gasteiger partial charge in [-0.05, 0) is 25.0 Å². The van der Waals surface area contributed by atoms with E-state index in [1.165, 1.54) is 16.2 Å². The summed E-state index contributed by atoms with van der Waals surface area (Å²) < 4.78 is 1.85. The Labute approximate surface area is 194 Å².